The first-order chi connectivity index (χ1) is 11.8. The maximum Gasteiger partial charge on any atom is 0.257 e. The molecular weight excluding hydrogens is 318 g/mol. The summed E-state index contributed by atoms with van der Waals surface area (Å²) in [7, 11) is 0. The van der Waals surface area contributed by atoms with Crippen molar-refractivity contribution < 1.29 is 4.79 Å². The highest BCUT2D eigenvalue weighted by atomic mass is 32.2. The number of thioether (sulfide) groups is 1. The molecule has 122 valence electrons. The lowest BCUT2D eigenvalue weighted by Gasteiger charge is -2.28. The summed E-state index contributed by atoms with van der Waals surface area (Å²) < 4.78 is 0. The fraction of sp³-hybridized carbons (Fsp3) is 0.211. The molecule has 2 aliphatic rings. The molecule has 0 saturated carbocycles. The molecular formula is C19H19N3OS. The van der Waals surface area contributed by atoms with E-state index >= 15 is 0 Å². The molecule has 0 aromatic heterocycles. The van der Waals surface area contributed by atoms with Crippen LogP contribution in [-0.4, -0.2) is 30.5 Å². The summed E-state index contributed by atoms with van der Waals surface area (Å²) in [6.45, 7) is 2.22. The Labute approximate surface area is 145 Å². The molecule has 4 rings (SSSR count). The van der Waals surface area contributed by atoms with E-state index in [0.717, 1.165) is 30.0 Å². The number of para-hydroxylation sites is 1. The van der Waals surface area contributed by atoms with E-state index in [2.05, 4.69) is 39.8 Å². The predicted octanol–water partition coefficient (Wildman–Crippen LogP) is 3.64. The van der Waals surface area contributed by atoms with E-state index in [0.29, 0.717) is 5.57 Å². The molecule has 0 radical (unpaired) electrons. The van der Waals surface area contributed by atoms with Crippen LogP contribution < -0.4 is 15.5 Å². The topological polar surface area (TPSA) is 44.4 Å². The first kappa shape index (κ1) is 15.1. The predicted molar refractivity (Wildman–Crippen MR) is 103 cm³/mol. The quantitative estimate of drug-likeness (QED) is 0.839. The number of hydrogen-bond donors (Lipinski definition) is 2. The molecule has 5 heteroatoms. The number of carbonyl (C=O) groups excluding carboxylic acids is 1. The summed E-state index contributed by atoms with van der Waals surface area (Å²) in [5, 5.41) is 6.12. The van der Waals surface area contributed by atoms with Crippen molar-refractivity contribution in [2.24, 2.45) is 0 Å². The zero-order chi connectivity index (χ0) is 16.4. The van der Waals surface area contributed by atoms with Crippen LogP contribution in [0.15, 0.2) is 54.7 Å². The molecule has 0 atom stereocenters. The third-order valence-corrected chi connectivity index (χ3v) is 5.28. The molecule has 4 nitrogen and oxygen atoms in total. The molecule has 2 heterocycles. The van der Waals surface area contributed by atoms with Crippen molar-refractivity contribution in [2.45, 2.75) is 0 Å². The van der Waals surface area contributed by atoms with Gasteiger partial charge in [-0.2, -0.15) is 11.8 Å². The normalized spacial score (nSPS) is 18.4. The van der Waals surface area contributed by atoms with Crippen LogP contribution in [0.3, 0.4) is 0 Å². The van der Waals surface area contributed by atoms with Gasteiger partial charge in [-0.1, -0.05) is 18.2 Å². The third-order valence-electron chi connectivity index (χ3n) is 4.34. The maximum absolute atomic E-state index is 12.1. The van der Waals surface area contributed by atoms with Crippen LogP contribution in [0.25, 0.3) is 5.57 Å². The molecule has 2 aromatic rings. The van der Waals surface area contributed by atoms with Crippen molar-refractivity contribution in [2.75, 3.05) is 40.1 Å². The van der Waals surface area contributed by atoms with Gasteiger partial charge in [-0.15, -0.1) is 0 Å². The van der Waals surface area contributed by atoms with Gasteiger partial charge >= 0.3 is 0 Å². The van der Waals surface area contributed by atoms with E-state index in [1.807, 2.05) is 36.0 Å². The number of benzene rings is 2. The van der Waals surface area contributed by atoms with Gasteiger partial charge < -0.3 is 15.5 Å². The lowest BCUT2D eigenvalue weighted by Crippen LogP contribution is -2.32. The molecule has 2 N–H and O–H groups in total. The van der Waals surface area contributed by atoms with Crippen molar-refractivity contribution in [1.29, 1.82) is 0 Å². The van der Waals surface area contributed by atoms with Gasteiger partial charge in [0.15, 0.2) is 0 Å². The highest BCUT2D eigenvalue weighted by Crippen LogP contribution is 2.31. The SMILES string of the molecule is O=C1Nc2ccccc2C1=CNc1ccc(N2CCSCC2)cc1. The smallest absolute Gasteiger partial charge is 0.257 e. The van der Waals surface area contributed by atoms with Crippen molar-refractivity contribution >= 4 is 40.3 Å². The summed E-state index contributed by atoms with van der Waals surface area (Å²) in [5.41, 5.74) is 4.72. The summed E-state index contributed by atoms with van der Waals surface area (Å²) in [5.74, 6) is 2.33. The van der Waals surface area contributed by atoms with Crippen LogP contribution >= 0.6 is 11.8 Å². The van der Waals surface area contributed by atoms with E-state index in [4.69, 9.17) is 0 Å². The van der Waals surface area contributed by atoms with Crippen molar-refractivity contribution in [1.82, 2.24) is 0 Å². The first-order valence-electron chi connectivity index (χ1n) is 8.11. The first-order valence-corrected chi connectivity index (χ1v) is 9.27. The lowest BCUT2D eigenvalue weighted by atomic mass is 10.1. The number of anilines is 3. The van der Waals surface area contributed by atoms with E-state index in [-0.39, 0.29) is 5.91 Å². The fourth-order valence-corrected chi connectivity index (χ4v) is 3.93. The number of carbonyl (C=O) groups is 1. The molecule has 0 unspecified atom stereocenters. The zero-order valence-corrected chi connectivity index (χ0v) is 14.1. The minimum atomic E-state index is -0.0638. The number of hydrogen-bond acceptors (Lipinski definition) is 4. The van der Waals surface area contributed by atoms with Gasteiger partial charge in [0.25, 0.3) is 5.91 Å². The highest BCUT2D eigenvalue weighted by molar-refractivity contribution is 7.99. The number of amides is 1. The van der Waals surface area contributed by atoms with Gasteiger partial charge in [0.1, 0.15) is 0 Å². The Morgan fingerprint density at radius 3 is 2.58 bits per heavy atom. The molecule has 24 heavy (non-hydrogen) atoms. The van der Waals surface area contributed by atoms with Crippen LogP contribution in [0.5, 0.6) is 0 Å². The Kier molecular flexibility index (Phi) is 4.17. The van der Waals surface area contributed by atoms with Crippen molar-refractivity contribution in [3.05, 3.63) is 60.3 Å². The summed E-state index contributed by atoms with van der Waals surface area (Å²) >= 11 is 2.01. The average Bonchev–Trinajstić information content (AvgIpc) is 2.96. The lowest BCUT2D eigenvalue weighted by molar-refractivity contribution is -0.110. The Morgan fingerprint density at radius 1 is 1.04 bits per heavy atom. The van der Waals surface area contributed by atoms with Gasteiger partial charge in [0.2, 0.25) is 0 Å². The Bertz CT molecular complexity index is 779. The largest absolute Gasteiger partial charge is 0.370 e. The second kappa shape index (κ2) is 6.61. The molecule has 2 aliphatic heterocycles. The molecule has 1 fully saturated rings. The van der Waals surface area contributed by atoms with E-state index in [1.165, 1.54) is 17.2 Å². The Morgan fingerprint density at radius 2 is 1.79 bits per heavy atom. The molecule has 1 amide bonds. The van der Waals surface area contributed by atoms with Crippen LogP contribution in [0.4, 0.5) is 17.1 Å². The summed E-state index contributed by atoms with van der Waals surface area (Å²) in [6, 6.07) is 16.1. The Balaban J connectivity index is 1.49. The summed E-state index contributed by atoms with van der Waals surface area (Å²) in [4.78, 5) is 14.5. The number of rotatable bonds is 3. The van der Waals surface area contributed by atoms with E-state index in [1.54, 1.807) is 6.20 Å². The second-order valence-corrected chi connectivity index (χ2v) is 7.07. The molecule has 2 aromatic carbocycles. The number of nitrogens with one attached hydrogen (secondary N) is 2. The standard InChI is InChI=1S/C19H19N3OS/c23-19-17(16-3-1-2-4-18(16)21-19)13-20-14-5-7-15(8-6-14)22-9-11-24-12-10-22/h1-8,13,20H,9-12H2,(H,21,23). The van der Waals surface area contributed by atoms with Crippen LogP contribution in [-0.2, 0) is 4.79 Å². The van der Waals surface area contributed by atoms with Gasteiger partial charge in [-0.3, -0.25) is 4.79 Å². The Hall–Kier alpha value is -2.40. The highest BCUT2D eigenvalue weighted by Gasteiger charge is 2.23. The molecule has 1 saturated heterocycles. The van der Waals surface area contributed by atoms with E-state index < -0.39 is 0 Å². The average molecular weight is 337 g/mol. The third kappa shape index (κ3) is 2.99. The fourth-order valence-electron chi connectivity index (χ4n) is 3.03. The molecule has 0 bridgehead atoms. The molecule has 0 aliphatic carbocycles. The summed E-state index contributed by atoms with van der Waals surface area (Å²) in [6.07, 6.45) is 1.79. The minimum absolute atomic E-state index is 0.0638. The maximum atomic E-state index is 12.1. The van der Waals surface area contributed by atoms with E-state index in [9.17, 15) is 4.79 Å². The monoisotopic (exact) mass is 337 g/mol. The van der Waals surface area contributed by atoms with Crippen molar-refractivity contribution in [3.8, 4) is 0 Å². The second-order valence-electron chi connectivity index (χ2n) is 5.85. The van der Waals surface area contributed by atoms with Gasteiger partial charge in [-0.05, 0) is 30.3 Å². The van der Waals surface area contributed by atoms with Crippen LogP contribution in [0.2, 0.25) is 0 Å². The zero-order valence-electron chi connectivity index (χ0n) is 13.3. The van der Waals surface area contributed by atoms with Gasteiger partial charge in [0.05, 0.1) is 5.57 Å². The van der Waals surface area contributed by atoms with Gasteiger partial charge in [-0.25, -0.2) is 0 Å². The van der Waals surface area contributed by atoms with Crippen molar-refractivity contribution in [3.63, 3.8) is 0 Å². The van der Waals surface area contributed by atoms with Crippen LogP contribution in [0.1, 0.15) is 5.56 Å². The van der Waals surface area contributed by atoms with Gasteiger partial charge in [0, 0.05) is 53.4 Å². The number of fused-ring (bicyclic) bond motifs is 1. The minimum Gasteiger partial charge on any atom is -0.370 e. The number of nitrogens with zero attached hydrogens (tertiary/aromatic N) is 1. The van der Waals surface area contributed by atoms with Crippen LogP contribution in [0, 0.1) is 0 Å². The molecule has 0 spiro atoms.